The molecule has 0 fully saturated rings. The van der Waals surface area contributed by atoms with Crippen molar-refractivity contribution >= 4 is 11.7 Å². The van der Waals surface area contributed by atoms with E-state index in [1.165, 1.54) is 12.1 Å². The predicted molar refractivity (Wildman–Crippen MR) is 64.6 cm³/mol. The monoisotopic (exact) mass is 258 g/mol. The Hall–Kier alpha value is -1.69. The molecule has 1 aromatic carbocycles. The minimum absolute atomic E-state index is 0.0908. The Bertz CT molecular complexity index is 438. The molecular weight excluding hydrogens is 242 g/mol. The van der Waals surface area contributed by atoms with Gasteiger partial charge in [-0.2, -0.15) is 0 Å². The highest BCUT2D eigenvalue weighted by Crippen LogP contribution is 2.24. The quantitative estimate of drug-likeness (QED) is 0.814. The average molecular weight is 258 g/mol. The third kappa shape index (κ3) is 2.76. The molecule has 0 saturated carbocycles. The Kier molecular flexibility index (Phi) is 5.03. The predicted octanol–water partition coefficient (Wildman–Crippen LogP) is 1.54. The van der Waals surface area contributed by atoms with Crippen molar-refractivity contribution < 1.29 is 18.3 Å². The highest BCUT2D eigenvalue weighted by Gasteiger charge is 2.21. The normalized spacial score (nSPS) is 10.3. The van der Waals surface area contributed by atoms with Crippen LogP contribution in [0.25, 0.3) is 0 Å². The lowest BCUT2D eigenvalue weighted by molar-refractivity contribution is 0.0594. The highest BCUT2D eigenvalue weighted by atomic mass is 19.2. The van der Waals surface area contributed by atoms with Crippen LogP contribution in [-0.2, 0) is 4.74 Å². The number of rotatable bonds is 5. The summed E-state index contributed by atoms with van der Waals surface area (Å²) in [4.78, 5) is 12.8. The summed E-state index contributed by atoms with van der Waals surface area (Å²) in [6.45, 7) is 3.03. The number of hydrogen-bond donors (Lipinski definition) is 1. The van der Waals surface area contributed by atoms with Crippen LogP contribution < -0.4 is 10.6 Å². The van der Waals surface area contributed by atoms with Crippen LogP contribution >= 0.6 is 0 Å². The van der Waals surface area contributed by atoms with Crippen LogP contribution in [0.15, 0.2) is 12.1 Å². The lowest BCUT2D eigenvalue weighted by Gasteiger charge is -2.23. The standard InChI is InChI=1S/C12H16F2N2O2/c1-3-16(7-6-15)9-5-4-8(12(17)18-2)10(13)11(9)14/h4-5H,3,6-7,15H2,1-2H3. The van der Waals surface area contributed by atoms with Crippen LogP contribution in [0.4, 0.5) is 14.5 Å². The fraction of sp³-hybridized carbons (Fsp3) is 0.417. The second-order valence-electron chi connectivity index (χ2n) is 3.62. The Labute approximate surface area is 104 Å². The summed E-state index contributed by atoms with van der Waals surface area (Å²) in [6.07, 6.45) is 0. The second-order valence-corrected chi connectivity index (χ2v) is 3.62. The van der Waals surface area contributed by atoms with Crippen molar-refractivity contribution in [1.82, 2.24) is 0 Å². The summed E-state index contributed by atoms with van der Waals surface area (Å²) in [5, 5.41) is 0. The Morgan fingerprint density at radius 3 is 2.56 bits per heavy atom. The number of ether oxygens (including phenoxy) is 1. The molecular formula is C12H16F2N2O2. The molecule has 100 valence electrons. The Morgan fingerprint density at radius 1 is 1.39 bits per heavy atom. The number of benzene rings is 1. The zero-order valence-electron chi connectivity index (χ0n) is 10.4. The van der Waals surface area contributed by atoms with Gasteiger partial charge in [-0.25, -0.2) is 13.6 Å². The first kappa shape index (κ1) is 14.4. The smallest absolute Gasteiger partial charge is 0.340 e. The van der Waals surface area contributed by atoms with E-state index in [1.54, 1.807) is 11.8 Å². The first-order valence-corrected chi connectivity index (χ1v) is 5.58. The van der Waals surface area contributed by atoms with Gasteiger partial charge in [-0.3, -0.25) is 0 Å². The molecule has 4 nitrogen and oxygen atoms in total. The summed E-state index contributed by atoms with van der Waals surface area (Å²) < 4.78 is 31.9. The molecule has 0 amide bonds. The molecule has 0 spiro atoms. The van der Waals surface area contributed by atoms with Gasteiger partial charge < -0.3 is 15.4 Å². The van der Waals surface area contributed by atoms with Gasteiger partial charge in [-0.1, -0.05) is 0 Å². The van der Waals surface area contributed by atoms with Gasteiger partial charge in [-0.15, -0.1) is 0 Å². The maximum absolute atomic E-state index is 13.9. The van der Waals surface area contributed by atoms with E-state index < -0.39 is 23.2 Å². The first-order chi connectivity index (χ1) is 8.56. The van der Waals surface area contributed by atoms with Crippen LogP contribution in [0.1, 0.15) is 17.3 Å². The number of carbonyl (C=O) groups excluding carboxylic acids is 1. The molecule has 0 radical (unpaired) electrons. The fourth-order valence-electron chi connectivity index (χ4n) is 1.66. The van der Waals surface area contributed by atoms with Crippen molar-refractivity contribution in [3.8, 4) is 0 Å². The van der Waals surface area contributed by atoms with Crippen LogP contribution in [0.3, 0.4) is 0 Å². The van der Waals surface area contributed by atoms with Crippen molar-refractivity contribution in [3.05, 3.63) is 29.3 Å². The molecule has 0 aliphatic heterocycles. The first-order valence-electron chi connectivity index (χ1n) is 5.58. The Balaban J connectivity index is 3.18. The minimum atomic E-state index is -1.20. The largest absolute Gasteiger partial charge is 0.465 e. The number of likely N-dealkylation sites (N-methyl/N-ethyl adjacent to an activating group) is 1. The topological polar surface area (TPSA) is 55.6 Å². The maximum Gasteiger partial charge on any atom is 0.340 e. The zero-order valence-corrected chi connectivity index (χ0v) is 10.4. The highest BCUT2D eigenvalue weighted by molar-refractivity contribution is 5.90. The van der Waals surface area contributed by atoms with E-state index in [-0.39, 0.29) is 5.69 Å². The van der Waals surface area contributed by atoms with Crippen LogP contribution in [0, 0.1) is 11.6 Å². The van der Waals surface area contributed by atoms with Gasteiger partial charge in [0.15, 0.2) is 11.6 Å². The van der Waals surface area contributed by atoms with Crippen LogP contribution in [-0.4, -0.2) is 32.7 Å². The number of esters is 1. The van der Waals surface area contributed by atoms with Gasteiger partial charge in [0.2, 0.25) is 0 Å². The molecule has 0 heterocycles. The van der Waals surface area contributed by atoms with Crippen molar-refractivity contribution in [2.24, 2.45) is 5.73 Å². The van der Waals surface area contributed by atoms with E-state index in [9.17, 15) is 13.6 Å². The molecule has 0 aromatic heterocycles. The number of hydrogen-bond acceptors (Lipinski definition) is 4. The van der Waals surface area contributed by atoms with Crippen LogP contribution in [0.5, 0.6) is 0 Å². The molecule has 0 atom stereocenters. The van der Waals surface area contributed by atoms with Crippen molar-refractivity contribution in [2.45, 2.75) is 6.92 Å². The van der Waals surface area contributed by atoms with Crippen molar-refractivity contribution in [2.75, 3.05) is 31.6 Å². The molecule has 0 saturated heterocycles. The van der Waals surface area contributed by atoms with E-state index in [2.05, 4.69) is 4.74 Å². The summed E-state index contributed by atoms with van der Waals surface area (Å²) in [5.74, 6) is -3.16. The third-order valence-electron chi connectivity index (χ3n) is 2.59. The number of methoxy groups -OCH3 is 1. The van der Waals surface area contributed by atoms with E-state index in [0.29, 0.717) is 19.6 Å². The summed E-state index contributed by atoms with van der Waals surface area (Å²) in [7, 11) is 1.11. The molecule has 1 rings (SSSR count). The third-order valence-corrected chi connectivity index (χ3v) is 2.59. The van der Waals surface area contributed by atoms with E-state index in [4.69, 9.17) is 5.73 Å². The number of nitrogens with two attached hydrogens (primary N) is 1. The molecule has 0 aliphatic rings. The van der Waals surface area contributed by atoms with Gasteiger partial charge in [0.25, 0.3) is 0 Å². The van der Waals surface area contributed by atoms with Crippen LogP contribution in [0.2, 0.25) is 0 Å². The number of nitrogens with zero attached hydrogens (tertiary/aromatic N) is 1. The number of anilines is 1. The lowest BCUT2D eigenvalue weighted by Crippen LogP contribution is -2.30. The van der Waals surface area contributed by atoms with Crippen molar-refractivity contribution in [1.29, 1.82) is 0 Å². The van der Waals surface area contributed by atoms with Gasteiger partial charge >= 0.3 is 5.97 Å². The SMILES string of the molecule is CCN(CCN)c1ccc(C(=O)OC)c(F)c1F. The summed E-state index contributed by atoms with van der Waals surface area (Å²) in [5.41, 5.74) is 5.07. The van der Waals surface area contributed by atoms with Gasteiger partial charge in [-0.05, 0) is 19.1 Å². The van der Waals surface area contributed by atoms with E-state index in [1.807, 2.05) is 0 Å². The fourth-order valence-corrected chi connectivity index (χ4v) is 1.66. The molecule has 1 aromatic rings. The molecule has 0 unspecified atom stereocenters. The molecule has 0 bridgehead atoms. The lowest BCUT2D eigenvalue weighted by atomic mass is 10.1. The summed E-state index contributed by atoms with van der Waals surface area (Å²) >= 11 is 0. The average Bonchev–Trinajstić information content (AvgIpc) is 2.38. The molecule has 6 heteroatoms. The zero-order chi connectivity index (χ0) is 13.7. The number of carbonyl (C=O) groups is 1. The molecule has 18 heavy (non-hydrogen) atoms. The van der Waals surface area contributed by atoms with Gasteiger partial charge in [0.05, 0.1) is 18.4 Å². The Morgan fingerprint density at radius 2 is 2.06 bits per heavy atom. The van der Waals surface area contributed by atoms with Crippen molar-refractivity contribution in [3.63, 3.8) is 0 Å². The minimum Gasteiger partial charge on any atom is -0.465 e. The molecule has 0 aliphatic carbocycles. The maximum atomic E-state index is 13.9. The van der Waals surface area contributed by atoms with E-state index >= 15 is 0 Å². The summed E-state index contributed by atoms with van der Waals surface area (Å²) in [6, 6.07) is 2.56. The second kappa shape index (κ2) is 6.30. The van der Waals surface area contributed by atoms with E-state index in [0.717, 1.165) is 7.11 Å². The number of halogens is 2. The molecule has 2 N–H and O–H groups in total. The van der Waals surface area contributed by atoms with Gasteiger partial charge in [0.1, 0.15) is 0 Å². The van der Waals surface area contributed by atoms with Gasteiger partial charge in [0, 0.05) is 19.6 Å².